The number of hydrogen-bond donors (Lipinski definition) is 0. The monoisotopic (exact) mass is 381 g/mol. The van der Waals surface area contributed by atoms with Crippen molar-refractivity contribution >= 4 is 42.8 Å². The van der Waals surface area contributed by atoms with Gasteiger partial charge in [0.05, 0.1) is 0 Å². The first-order valence-corrected chi connectivity index (χ1v) is 10.2. The zero-order chi connectivity index (χ0) is 17.6. The Hall–Kier alpha value is -0.750. The Morgan fingerprint density at radius 1 is 0.917 bits per heavy atom. The van der Waals surface area contributed by atoms with E-state index < -0.39 is 4.07 Å². The van der Waals surface area contributed by atoms with E-state index in [9.17, 15) is 0 Å². The molecule has 2 rings (SSSR count). The number of rotatable bonds is 8. The predicted molar refractivity (Wildman–Crippen MR) is 113 cm³/mol. The largest absolute Gasteiger partial charge is 0.377 e. The lowest BCUT2D eigenvalue weighted by atomic mass is 10.0. The highest BCUT2D eigenvalue weighted by molar-refractivity contribution is 7.54. The lowest BCUT2D eigenvalue weighted by Crippen LogP contribution is -2.14. The number of alkyl halides is 2. The molecule has 24 heavy (non-hydrogen) atoms. The average Bonchev–Trinajstić information content (AvgIpc) is 2.55. The van der Waals surface area contributed by atoms with Gasteiger partial charge in [-0.3, -0.25) is 0 Å². The summed E-state index contributed by atoms with van der Waals surface area (Å²) in [4.78, 5) is 2.14. The van der Waals surface area contributed by atoms with E-state index in [0.29, 0.717) is 8.58 Å². The Bertz CT molecular complexity index is 656. The molecule has 0 saturated heterocycles. The van der Waals surface area contributed by atoms with E-state index >= 15 is 0 Å². The molecule has 1 nitrogen and oxygen atoms in total. The van der Waals surface area contributed by atoms with Gasteiger partial charge >= 0.3 is 0 Å². The van der Waals surface area contributed by atoms with Crippen LogP contribution in [0.4, 0.5) is 5.69 Å². The number of anilines is 1. The number of para-hydroxylation sites is 1. The van der Waals surface area contributed by atoms with Crippen LogP contribution in [-0.2, 0) is 0 Å². The molecule has 0 aliphatic carbocycles. The van der Waals surface area contributed by atoms with Gasteiger partial charge in [-0.25, -0.2) is 0 Å². The zero-order valence-corrected chi connectivity index (χ0v) is 17.2. The summed E-state index contributed by atoms with van der Waals surface area (Å²) in [6, 6.07) is 16.9. The Balaban J connectivity index is 2.32. The van der Waals surface area contributed by atoms with Crippen LogP contribution in [0, 0.1) is 0 Å². The summed E-state index contributed by atoms with van der Waals surface area (Å²) in [6.07, 6.45) is 4.27. The molecule has 0 aromatic heterocycles. The third-order valence-electron chi connectivity index (χ3n) is 4.01. The normalized spacial score (nSPS) is 12.0. The molecule has 0 fully saturated rings. The maximum absolute atomic E-state index is 6.64. The van der Waals surface area contributed by atoms with Crippen LogP contribution in [-0.4, -0.2) is 18.2 Å². The van der Waals surface area contributed by atoms with E-state index in [1.54, 1.807) is 0 Å². The number of unbranched alkanes of at least 4 members (excludes halogenated alkanes) is 2. The van der Waals surface area contributed by atoms with Gasteiger partial charge in [0, 0.05) is 25.3 Å². The van der Waals surface area contributed by atoms with Gasteiger partial charge < -0.3 is 4.90 Å². The molecule has 0 N–H and O–H groups in total. The Labute approximate surface area is 158 Å². The van der Waals surface area contributed by atoms with Crippen LogP contribution in [0.5, 0.6) is 0 Å². The van der Waals surface area contributed by atoms with Crippen LogP contribution in [0.15, 0.2) is 48.5 Å². The second-order valence-electron chi connectivity index (χ2n) is 6.24. The molecular weight excluding hydrogens is 356 g/mol. The van der Waals surface area contributed by atoms with E-state index in [2.05, 4.69) is 74.4 Å². The van der Waals surface area contributed by atoms with Crippen molar-refractivity contribution in [3.05, 3.63) is 48.5 Å². The Kier molecular flexibility index (Phi) is 7.41. The minimum Gasteiger partial charge on any atom is -0.377 e. The third kappa shape index (κ3) is 5.38. The number of hydrogen-bond acceptors (Lipinski definition) is 1. The van der Waals surface area contributed by atoms with E-state index in [1.807, 2.05) is 0 Å². The zero-order valence-electron chi connectivity index (χ0n) is 14.7. The highest BCUT2D eigenvalue weighted by atomic mass is 35.5. The molecule has 2 aromatic carbocycles. The number of benzene rings is 2. The molecule has 1 atom stereocenters. The van der Waals surface area contributed by atoms with Crippen molar-refractivity contribution in [2.75, 3.05) is 19.0 Å². The fourth-order valence-electron chi connectivity index (χ4n) is 2.77. The maximum atomic E-state index is 6.64. The summed E-state index contributed by atoms with van der Waals surface area (Å²) in [5.41, 5.74) is 3.65. The van der Waals surface area contributed by atoms with Crippen molar-refractivity contribution in [1.82, 2.24) is 0 Å². The molecule has 4 heteroatoms. The Morgan fingerprint density at radius 3 is 2.21 bits per heavy atom. The lowest BCUT2D eigenvalue weighted by Gasteiger charge is -2.23. The molecule has 0 heterocycles. The van der Waals surface area contributed by atoms with E-state index in [0.717, 1.165) is 12.8 Å². The first-order chi connectivity index (χ1) is 11.4. The van der Waals surface area contributed by atoms with Gasteiger partial charge in [-0.05, 0) is 23.4 Å². The summed E-state index contributed by atoms with van der Waals surface area (Å²) in [5.74, 6) is 0. The summed E-state index contributed by atoms with van der Waals surface area (Å²) >= 11 is 13.3. The van der Waals surface area contributed by atoms with Crippen molar-refractivity contribution in [2.24, 2.45) is 0 Å². The van der Waals surface area contributed by atoms with Crippen LogP contribution >= 0.6 is 31.8 Å². The van der Waals surface area contributed by atoms with Crippen LogP contribution in [0.25, 0.3) is 11.1 Å². The summed E-state index contributed by atoms with van der Waals surface area (Å²) in [7, 11) is 4.51. The van der Waals surface area contributed by atoms with Gasteiger partial charge in [0.25, 0.3) is 0 Å². The maximum Gasteiger partial charge on any atom is 0.138 e. The molecule has 0 amide bonds. The topological polar surface area (TPSA) is 3.24 Å². The SMILES string of the molecule is CCCCCC(Cl)(Cl)Pc1ccccc1-c1ccccc1N(C)C. The van der Waals surface area contributed by atoms with Crippen LogP contribution in [0.2, 0.25) is 0 Å². The minimum atomic E-state index is -0.682. The van der Waals surface area contributed by atoms with Crippen LogP contribution < -0.4 is 10.2 Å². The quantitative estimate of drug-likeness (QED) is 0.289. The highest BCUT2D eigenvalue weighted by Crippen LogP contribution is 2.46. The van der Waals surface area contributed by atoms with Gasteiger partial charge in [0.15, 0.2) is 0 Å². The summed E-state index contributed by atoms with van der Waals surface area (Å²) in [6.45, 7) is 2.19. The Morgan fingerprint density at radius 2 is 1.54 bits per heavy atom. The van der Waals surface area contributed by atoms with Crippen molar-refractivity contribution < 1.29 is 0 Å². The average molecular weight is 382 g/mol. The molecule has 2 aromatic rings. The molecular formula is C20H26Cl2NP. The second-order valence-corrected chi connectivity index (χ2v) is 10.0. The van der Waals surface area contributed by atoms with E-state index in [1.165, 1.54) is 35.0 Å². The number of halogens is 2. The molecule has 0 aliphatic heterocycles. The summed E-state index contributed by atoms with van der Waals surface area (Å²) in [5, 5.41) is 1.23. The van der Waals surface area contributed by atoms with E-state index in [-0.39, 0.29) is 0 Å². The summed E-state index contributed by atoms with van der Waals surface area (Å²) < 4.78 is -0.682. The van der Waals surface area contributed by atoms with Gasteiger partial charge in [0.1, 0.15) is 4.07 Å². The van der Waals surface area contributed by atoms with Crippen molar-refractivity contribution in [3.63, 3.8) is 0 Å². The molecule has 0 saturated carbocycles. The minimum absolute atomic E-state index is 0.369. The van der Waals surface area contributed by atoms with Gasteiger partial charge in [0.2, 0.25) is 0 Å². The smallest absolute Gasteiger partial charge is 0.138 e. The fourth-order valence-corrected chi connectivity index (χ4v) is 4.88. The molecule has 0 aliphatic rings. The van der Waals surface area contributed by atoms with Gasteiger partial charge in [-0.1, -0.05) is 100 Å². The fraction of sp³-hybridized carbons (Fsp3) is 0.400. The standard InChI is InChI=1S/C20H26Cl2NP/c1-4-5-10-15-20(21,22)24-19-14-9-7-12-17(19)16-11-6-8-13-18(16)23(2)3/h6-9,11-14,24H,4-5,10,15H2,1-3H3. The van der Waals surface area contributed by atoms with Crippen molar-refractivity contribution in [3.8, 4) is 11.1 Å². The molecule has 130 valence electrons. The molecule has 0 spiro atoms. The van der Waals surface area contributed by atoms with Gasteiger partial charge in [-0.2, -0.15) is 0 Å². The predicted octanol–water partition coefficient (Wildman–Crippen LogP) is 6.44. The number of nitrogens with zero attached hydrogens (tertiary/aromatic N) is 1. The van der Waals surface area contributed by atoms with Gasteiger partial charge in [-0.15, -0.1) is 0 Å². The second kappa shape index (κ2) is 9.09. The van der Waals surface area contributed by atoms with Crippen LogP contribution in [0.1, 0.15) is 32.6 Å². The van der Waals surface area contributed by atoms with Crippen molar-refractivity contribution in [1.29, 1.82) is 0 Å². The lowest BCUT2D eigenvalue weighted by molar-refractivity contribution is 0.679. The van der Waals surface area contributed by atoms with Crippen LogP contribution in [0.3, 0.4) is 0 Å². The van der Waals surface area contributed by atoms with E-state index in [4.69, 9.17) is 23.2 Å². The highest BCUT2D eigenvalue weighted by Gasteiger charge is 2.25. The first-order valence-electron chi connectivity index (χ1n) is 8.46. The third-order valence-corrected chi connectivity index (χ3v) is 6.28. The van der Waals surface area contributed by atoms with Crippen molar-refractivity contribution in [2.45, 2.75) is 36.7 Å². The molecule has 0 radical (unpaired) electrons. The first kappa shape index (κ1) is 19.6. The molecule has 1 unspecified atom stereocenters. The molecule has 0 bridgehead atoms.